The topological polar surface area (TPSA) is 136 Å². The fourth-order valence-electron chi connectivity index (χ4n) is 2.83. The molecule has 0 atom stereocenters. The number of fused-ring (bicyclic) bond motifs is 2. The number of hydrogen-bond donors (Lipinski definition) is 2. The van der Waals surface area contributed by atoms with Gasteiger partial charge < -0.3 is 10.2 Å². The highest BCUT2D eigenvalue weighted by molar-refractivity contribution is 5.94. The van der Waals surface area contributed by atoms with Crippen LogP contribution >= 0.6 is 0 Å². The summed E-state index contributed by atoms with van der Waals surface area (Å²) < 4.78 is 3.18. The smallest absolute Gasteiger partial charge is 0.336 e. The van der Waals surface area contributed by atoms with Gasteiger partial charge in [0.2, 0.25) is 0 Å². The first-order chi connectivity index (χ1) is 13.2. The van der Waals surface area contributed by atoms with Crippen LogP contribution in [0.1, 0.15) is 31.8 Å². The summed E-state index contributed by atoms with van der Waals surface area (Å²) in [5.74, 6) is -1.86. The molecule has 4 rings (SSSR count). The summed E-state index contributed by atoms with van der Waals surface area (Å²) >= 11 is 0. The monoisotopic (exact) mass is 382 g/mol. The summed E-state index contributed by atoms with van der Waals surface area (Å²) in [4.78, 5) is 21.7. The van der Waals surface area contributed by atoms with Crippen molar-refractivity contribution in [2.45, 2.75) is 13.8 Å². The van der Waals surface area contributed by atoms with E-state index >= 15 is 0 Å². The van der Waals surface area contributed by atoms with Gasteiger partial charge in [-0.1, -0.05) is 10.4 Å². The Hall–Kier alpha value is -3.82. The molecule has 0 spiro atoms. The summed E-state index contributed by atoms with van der Waals surface area (Å²) in [5, 5.41) is 33.2. The van der Waals surface area contributed by atoms with Crippen molar-refractivity contribution >= 4 is 34.0 Å². The minimum atomic E-state index is -0.935. The van der Waals surface area contributed by atoms with Crippen molar-refractivity contribution in [1.82, 2.24) is 30.0 Å². The number of hydrogen-bond acceptors (Lipinski definition) is 6. The number of benzene rings is 2. The van der Waals surface area contributed by atoms with Crippen LogP contribution in [0, 0.1) is 13.8 Å². The van der Waals surface area contributed by atoms with Crippen molar-refractivity contribution in [3.05, 3.63) is 46.5 Å². The van der Waals surface area contributed by atoms with Crippen molar-refractivity contribution in [3.63, 3.8) is 0 Å². The standard InChI is InChI=1S/2C9H9N3O2/c1-5-3-8-7(10-11-12(8)2)4-6(5)9(13)14;1-5-3-7-8(12(2)11-10-7)4-6(5)9(13)14/h2*3-4H,1-2H3,(H,13,14). The van der Waals surface area contributed by atoms with Gasteiger partial charge in [-0.25, -0.2) is 19.0 Å². The number of carboxylic acids is 2. The van der Waals surface area contributed by atoms with Crippen molar-refractivity contribution < 1.29 is 19.8 Å². The highest BCUT2D eigenvalue weighted by atomic mass is 16.4. The summed E-state index contributed by atoms with van der Waals surface area (Å²) in [6, 6.07) is 6.64. The van der Waals surface area contributed by atoms with Gasteiger partial charge in [-0.15, -0.1) is 10.2 Å². The third kappa shape index (κ3) is 3.39. The summed E-state index contributed by atoms with van der Waals surface area (Å²) in [7, 11) is 3.51. The van der Waals surface area contributed by atoms with E-state index in [0.29, 0.717) is 16.6 Å². The fraction of sp³-hybridized carbons (Fsp3) is 0.222. The molecular weight excluding hydrogens is 364 g/mol. The van der Waals surface area contributed by atoms with Crippen LogP contribution in [0.15, 0.2) is 24.3 Å². The second-order valence-electron chi connectivity index (χ2n) is 6.35. The summed E-state index contributed by atoms with van der Waals surface area (Å²) in [6.45, 7) is 3.51. The molecule has 2 N–H and O–H groups in total. The lowest BCUT2D eigenvalue weighted by molar-refractivity contribution is 0.0685. The number of carboxylic acid groups (broad SMARTS) is 2. The zero-order valence-corrected chi connectivity index (χ0v) is 15.7. The molecule has 10 heteroatoms. The molecule has 144 valence electrons. The molecule has 2 aromatic carbocycles. The predicted molar refractivity (Wildman–Crippen MR) is 100 cm³/mol. The van der Waals surface area contributed by atoms with E-state index in [1.165, 1.54) is 0 Å². The van der Waals surface area contributed by atoms with Crippen LogP contribution < -0.4 is 0 Å². The Morgan fingerprint density at radius 3 is 1.71 bits per heavy atom. The van der Waals surface area contributed by atoms with E-state index in [1.54, 1.807) is 61.6 Å². The Morgan fingerprint density at radius 1 is 0.750 bits per heavy atom. The largest absolute Gasteiger partial charge is 0.478 e. The van der Waals surface area contributed by atoms with Gasteiger partial charge in [-0.05, 0) is 49.2 Å². The lowest BCUT2D eigenvalue weighted by atomic mass is 10.1. The average molecular weight is 382 g/mol. The maximum Gasteiger partial charge on any atom is 0.336 e. The minimum absolute atomic E-state index is 0.276. The Balaban J connectivity index is 0.000000161. The van der Waals surface area contributed by atoms with Gasteiger partial charge in [0.05, 0.1) is 22.2 Å². The molecule has 2 heterocycles. The number of aryl methyl sites for hydroxylation is 4. The van der Waals surface area contributed by atoms with Crippen molar-refractivity contribution in [2.75, 3.05) is 0 Å². The van der Waals surface area contributed by atoms with Crippen molar-refractivity contribution in [1.29, 1.82) is 0 Å². The molecular formula is C18H18N6O4. The lowest BCUT2D eigenvalue weighted by Gasteiger charge is -2.00. The predicted octanol–water partition coefficient (Wildman–Crippen LogP) is 1.95. The first-order valence-electron chi connectivity index (χ1n) is 8.25. The molecule has 0 saturated carbocycles. The zero-order valence-electron chi connectivity index (χ0n) is 15.7. The molecule has 28 heavy (non-hydrogen) atoms. The second kappa shape index (κ2) is 7.06. The van der Waals surface area contributed by atoms with Gasteiger partial charge in [0, 0.05) is 14.1 Å². The molecule has 0 unspecified atom stereocenters. The summed E-state index contributed by atoms with van der Waals surface area (Å²) in [6.07, 6.45) is 0. The Kier molecular flexibility index (Phi) is 4.78. The number of nitrogens with zero attached hydrogens (tertiary/aromatic N) is 6. The maximum absolute atomic E-state index is 10.8. The molecule has 4 aromatic rings. The quantitative estimate of drug-likeness (QED) is 0.537. The van der Waals surface area contributed by atoms with E-state index in [2.05, 4.69) is 20.6 Å². The highest BCUT2D eigenvalue weighted by Crippen LogP contribution is 2.18. The molecule has 0 fully saturated rings. The highest BCUT2D eigenvalue weighted by Gasteiger charge is 2.12. The van der Waals surface area contributed by atoms with Gasteiger partial charge in [0.1, 0.15) is 11.0 Å². The molecule has 2 aromatic heterocycles. The number of aromatic carboxylic acids is 2. The third-order valence-electron chi connectivity index (χ3n) is 4.37. The Bertz CT molecular complexity index is 1220. The molecule has 10 nitrogen and oxygen atoms in total. The Morgan fingerprint density at radius 2 is 1.18 bits per heavy atom. The van der Waals surface area contributed by atoms with Crippen LogP contribution in [0.2, 0.25) is 0 Å². The lowest BCUT2D eigenvalue weighted by Crippen LogP contribution is -2.00. The van der Waals surface area contributed by atoms with Crippen LogP contribution in [0.4, 0.5) is 0 Å². The first kappa shape index (κ1) is 19.0. The van der Waals surface area contributed by atoms with Gasteiger partial charge >= 0.3 is 11.9 Å². The fourth-order valence-corrected chi connectivity index (χ4v) is 2.83. The molecule has 0 aliphatic carbocycles. The van der Waals surface area contributed by atoms with E-state index in [9.17, 15) is 9.59 Å². The summed E-state index contributed by atoms with van der Waals surface area (Å²) in [5.41, 5.74) is 4.88. The van der Waals surface area contributed by atoms with Crippen LogP contribution in [-0.4, -0.2) is 52.1 Å². The Labute approximate surface area is 159 Å². The first-order valence-corrected chi connectivity index (χ1v) is 8.25. The van der Waals surface area contributed by atoms with Crippen LogP contribution in [0.25, 0.3) is 22.1 Å². The zero-order chi connectivity index (χ0) is 20.6. The van der Waals surface area contributed by atoms with Crippen LogP contribution in [0.5, 0.6) is 0 Å². The van der Waals surface area contributed by atoms with E-state index in [0.717, 1.165) is 22.1 Å². The molecule has 0 bridgehead atoms. The minimum Gasteiger partial charge on any atom is -0.478 e. The van der Waals surface area contributed by atoms with Gasteiger partial charge in [-0.2, -0.15) is 0 Å². The van der Waals surface area contributed by atoms with Crippen LogP contribution in [-0.2, 0) is 14.1 Å². The van der Waals surface area contributed by atoms with Gasteiger partial charge in [0.15, 0.2) is 0 Å². The molecule has 0 aliphatic heterocycles. The van der Waals surface area contributed by atoms with E-state index in [4.69, 9.17) is 10.2 Å². The third-order valence-corrected chi connectivity index (χ3v) is 4.37. The van der Waals surface area contributed by atoms with Gasteiger partial charge in [-0.3, -0.25) is 0 Å². The number of aromatic nitrogens is 6. The second-order valence-corrected chi connectivity index (χ2v) is 6.35. The molecule has 0 aliphatic rings. The van der Waals surface area contributed by atoms with Crippen molar-refractivity contribution in [2.24, 2.45) is 14.1 Å². The maximum atomic E-state index is 10.8. The normalized spacial score (nSPS) is 10.7. The van der Waals surface area contributed by atoms with Gasteiger partial charge in [0.25, 0.3) is 0 Å². The van der Waals surface area contributed by atoms with E-state index in [1.807, 2.05) is 0 Å². The molecule has 0 saturated heterocycles. The van der Waals surface area contributed by atoms with Crippen molar-refractivity contribution in [3.8, 4) is 0 Å². The van der Waals surface area contributed by atoms with E-state index < -0.39 is 11.9 Å². The average Bonchev–Trinajstić information content (AvgIpc) is 3.16. The SMILES string of the molecule is Cc1cc2c(cc1C(=O)O)nnn2C.Cc1cc2nnn(C)c2cc1C(=O)O. The van der Waals surface area contributed by atoms with Crippen LogP contribution in [0.3, 0.4) is 0 Å². The number of rotatable bonds is 2. The van der Waals surface area contributed by atoms with E-state index in [-0.39, 0.29) is 5.56 Å². The molecule has 0 amide bonds. The number of carbonyl (C=O) groups is 2. The molecule has 0 radical (unpaired) electrons.